The summed E-state index contributed by atoms with van der Waals surface area (Å²) in [5.74, 6) is 0.131. The molecule has 0 aromatic heterocycles. The van der Waals surface area contributed by atoms with Gasteiger partial charge in [0, 0.05) is 12.5 Å². The van der Waals surface area contributed by atoms with Crippen molar-refractivity contribution in [3.63, 3.8) is 0 Å². The lowest BCUT2D eigenvalue weighted by Crippen LogP contribution is -2.43. The summed E-state index contributed by atoms with van der Waals surface area (Å²) in [6, 6.07) is 0. The van der Waals surface area contributed by atoms with E-state index in [4.69, 9.17) is 15.2 Å². The van der Waals surface area contributed by atoms with E-state index in [1.807, 2.05) is 0 Å². The molecule has 2 atom stereocenters. The van der Waals surface area contributed by atoms with Gasteiger partial charge in [0.25, 0.3) is 0 Å². The molecule has 0 saturated carbocycles. The summed E-state index contributed by atoms with van der Waals surface area (Å²) in [6.07, 6.45) is 2.36. The van der Waals surface area contributed by atoms with Gasteiger partial charge in [-0.3, -0.25) is 0 Å². The van der Waals surface area contributed by atoms with Gasteiger partial charge in [-0.05, 0) is 32.9 Å². The number of ether oxygens (including phenoxy) is 2. The van der Waals surface area contributed by atoms with Crippen LogP contribution in [0, 0.1) is 5.92 Å². The zero-order valence-electron chi connectivity index (χ0n) is 8.79. The standard InChI is InChI=1S/C10H20N2O2/c1-10(8-2-4-12-5-3-8)13-7-9(6-11)14-10/h8-9,12H,2-7,11H2,1H3. The third-order valence-electron chi connectivity index (χ3n) is 3.30. The van der Waals surface area contributed by atoms with Gasteiger partial charge >= 0.3 is 0 Å². The van der Waals surface area contributed by atoms with Gasteiger partial charge in [0.15, 0.2) is 5.79 Å². The first-order chi connectivity index (χ1) is 6.74. The van der Waals surface area contributed by atoms with Crippen LogP contribution in [0.4, 0.5) is 0 Å². The van der Waals surface area contributed by atoms with E-state index < -0.39 is 0 Å². The number of rotatable bonds is 2. The second kappa shape index (κ2) is 4.14. The first kappa shape index (κ1) is 10.4. The highest BCUT2D eigenvalue weighted by atomic mass is 16.7. The van der Waals surface area contributed by atoms with E-state index in [1.165, 1.54) is 0 Å². The fourth-order valence-corrected chi connectivity index (χ4v) is 2.33. The summed E-state index contributed by atoms with van der Waals surface area (Å²) < 4.78 is 11.6. The Morgan fingerprint density at radius 2 is 2.14 bits per heavy atom. The van der Waals surface area contributed by atoms with E-state index in [9.17, 15) is 0 Å². The molecule has 14 heavy (non-hydrogen) atoms. The maximum absolute atomic E-state index is 5.86. The second-order valence-electron chi connectivity index (χ2n) is 4.33. The summed E-state index contributed by atoms with van der Waals surface area (Å²) in [7, 11) is 0. The second-order valence-corrected chi connectivity index (χ2v) is 4.33. The van der Waals surface area contributed by atoms with Gasteiger partial charge in [0.1, 0.15) is 0 Å². The minimum atomic E-state index is -0.383. The Hall–Kier alpha value is -0.160. The molecule has 2 aliphatic heterocycles. The van der Waals surface area contributed by atoms with Crippen molar-refractivity contribution in [3.05, 3.63) is 0 Å². The molecule has 0 spiro atoms. The van der Waals surface area contributed by atoms with E-state index in [0.29, 0.717) is 19.1 Å². The third-order valence-corrected chi connectivity index (χ3v) is 3.30. The predicted molar refractivity (Wildman–Crippen MR) is 53.9 cm³/mol. The SMILES string of the molecule is CC1(C2CCNCC2)OCC(CN)O1. The maximum atomic E-state index is 5.86. The van der Waals surface area contributed by atoms with Crippen LogP contribution in [0.1, 0.15) is 19.8 Å². The van der Waals surface area contributed by atoms with Crippen molar-refractivity contribution in [2.24, 2.45) is 11.7 Å². The third kappa shape index (κ3) is 1.93. The summed E-state index contributed by atoms with van der Waals surface area (Å²) in [6.45, 7) is 5.40. The summed E-state index contributed by atoms with van der Waals surface area (Å²) in [5.41, 5.74) is 5.57. The van der Waals surface area contributed by atoms with E-state index in [-0.39, 0.29) is 11.9 Å². The molecule has 2 unspecified atom stereocenters. The quantitative estimate of drug-likeness (QED) is 0.662. The van der Waals surface area contributed by atoms with Gasteiger partial charge in [-0.25, -0.2) is 0 Å². The minimum absolute atomic E-state index is 0.0925. The number of nitrogens with two attached hydrogens (primary N) is 1. The van der Waals surface area contributed by atoms with Gasteiger partial charge in [-0.15, -0.1) is 0 Å². The lowest BCUT2D eigenvalue weighted by atomic mass is 9.90. The first-order valence-corrected chi connectivity index (χ1v) is 5.47. The molecule has 2 rings (SSSR count). The van der Waals surface area contributed by atoms with Crippen molar-refractivity contribution < 1.29 is 9.47 Å². The molecule has 2 heterocycles. The van der Waals surface area contributed by atoms with Gasteiger partial charge in [-0.1, -0.05) is 0 Å². The summed E-state index contributed by atoms with van der Waals surface area (Å²) >= 11 is 0. The molecule has 2 aliphatic rings. The average molecular weight is 200 g/mol. The Balaban J connectivity index is 1.94. The lowest BCUT2D eigenvalue weighted by Gasteiger charge is -2.35. The lowest BCUT2D eigenvalue weighted by molar-refractivity contribution is -0.195. The molecule has 0 aliphatic carbocycles. The van der Waals surface area contributed by atoms with Gasteiger partial charge in [0.05, 0.1) is 12.7 Å². The van der Waals surface area contributed by atoms with Crippen LogP contribution < -0.4 is 11.1 Å². The van der Waals surface area contributed by atoms with Crippen LogP contribution >= 0.6 is 0 Å². The fraction of sp³-hybridized carbons (Fsp3) is 1.00. The van der Waals surface area contributed by atoms with Crippen LogP contribution in [0.3, 0.4) is 0 Å². The van der Waals surface area contributed by atoms with Gasteiger partial charge < -0.3 is 20.5 Å². The molecule has 82 valence electrons. The maximum Gasteiger partial charge on any atom is 0.169 e. The Bertz CT molecular complexity index is 195. The van der Waals surface area contributed by atoms with Crippen molar-refractivity contribution in [3.8, 4) is 0 Å². The number of hydrogen-bond donors (Lipinski definition) is 2. The van der Waals surface area contributed by atoms with Crippen LogP contribution in [0.5, 0.6) is 0 Å². The predicted octanol–water partition coefficient (Wildman–Crippen LogP) is 0.0763. The fourth-order valence-electron chi connectivity index (χ4n) is 2.33. The molecule has 4 nitrogen and oxygen atoms in total. The Kier molecular flexibility index (Phi) is 3.07. The van der Waals surface area contributed by atoms with Crippen LogP contribution in [-0.2, 0) is 9.47 Å². The molecule has 2 saturated heterocycles. The molecular weight excluding hydrogens is 180 g/mol. The molecule has 4 heteroatoms. The summed E-state index contributed by atoms with van der Waals surface area (Å²) in [5, 5.41) is 3.34. The van der Waals surface area contributed by atoms with E-state index >= 15 is 0 Å². The van der Waals surface area contributed by atoms with Crippen molar-refractivity contribution in [1.29, 1.82) is 0 Å². The average Bonchev–Trinajstić information content (AvgIpc) is 2.63. The molecule has 0 aromatic rings. The van der Waals surface area contributed by atoms with Crippen LogP contribution in [-0.4, -0.2) is 38.1 Å². The Morgan fingerprint density at radius 1 is 1.43 bits per heavy atom. The first-order valence-electron chi connectivity index (χ1n) is 5.47. The highest BCUT2D eigenvalue weighted by Crippen LogP contribution is 2.35. The molecule has 2 fully saturated rings. The van der Waals surface area contributed by atoms with E-state index in [2.05, 4.69) is 12.2 Å². The van der Waals surface area contributed by atoms with Crippen molar-refractivity contribution >= 4 is 0 Å². The van der Waals surface area contributed by atoms with Crippen molar-refractivity contribution in [2.45, 2.75) is 31.7 Å². The minimum Gasteiger partial charge on any atom is -0.347 e. The molecule has 0 bridgehead atoms. The zero-order valence-corrected chi connectivity index (χ0v) is 8.79. The number of nitrogens with one attached hydrogen (secondary N) is 1. The molecular formula is C10H20N2O2. The smallest absolute Gasteiger partial charge is 0.169 e. The van der Waals surface area contributed by atoms with Crippen LogP contribution in [0.25, 0.3) is 0 Å². The van der Waals surface area contributed by atoms with Crippen molar-refractivity contribution in [2.75, 3.05) is 26.2 Å². The highest BCUT2D eigenvalue weighted by molar-refractivity contribution is 4.85. The summed E-state index contributed by atoms with van der Waals surface area (Å²) in [4.78, 5) is 0. The van der Waals surface area contributed by atoms with Gasteiger partial charge in [-0.2, -0.15) is 0 Å². The van der Waals surface area contributed by atoms with Crippen LogP contribution in [0.2, 0.25) is 0 Å². The molecule has 0 amide bonds. The van der Waals surface area contributed by atoms with E-state index in [0.717, 1.165) is 25.9 Å². The Morgan fingerprint density at radius 3 is 2.71 bits per heavy atom. The largest absolute Gasteiger partial charge is 0.347 e. The van der Waals surface area contributed by atoms with E-state index in [1.54, 1.807) is 0 Å². The monoisotopic (exact) mass is 200 g/mol. The Labute approximate surface area is 85.1 Å². The highest BCUT2D eigenvalue weighted by Gasteiger charge is 2.43. The zero-order chi connectivity index (χ0) is 10.0. The molecule has 0 radical (unpaired) electrons. The molecule has 3 N–H and O–H groups in total. The van der Waals surface area contributed by atoms with Crippen LogP contribution in [0.15, 0.2) is 0 Å². The number of piperidine rings is 1. The number of hydrogen-bond acceptors (Lipinski definition) is 4. The van der Waals surface area contributed by atoms with Gasteiger partial charge in [0.2, 0.25) is 0 Å². The topological polar surface area (TPSA) is 56.5 Å². The van der Waals surface area contributed by atoms with Crippen molar-refractivity contribution in [1.82, 2.24) is 5.32 Å². The normalized spacial score (nSPS) is 40.3. The molecule has 0 aromatic carbocycles.